The topological polar surface area (TPSA) is 42.7 Å². The molecule has 2 aromatic rings. The summed E-state index contributed by atoms with van der Waals surface area (Å²) in [5.41, 5.74) is 3.71. The van der Waals surface area contributed by atoms with Crippen molar-refractivity contribution in [3.63, 3.8) is 0 Å². The molecule has 2 rings (SSSR count). The molecule has 4 heteroatoms. The minimum Gasteiger partial charge on any atom is -0.308 e. The second kappa shape index (κ2) is 7.20. The predicted molar refractivity (Wildman–Crippen MR) is 81.6 cm³/mol. The quantitative estimate of drug-likeness (QED) is 0.842. The van der Waals surface area contributed by atoms with E-state index in [-0.39, 0.29) is 0 Å². The molecule has 1 unspecified atom stereocenters. The van der Waals surface area contributed by atoms with Crippen LogP contribution in [0.2, 0.25) is 0 Å². The van der Waals surface area contributed by atoms with Gasteiger partial charge >= 0.3 is 0 Å². The molecule has 1 N–H and O–H groups in total. The molecule has 0 bridgehead atoms. The first kappa shape index (κ1) is 14.7. The van der Waals surface area contributed by atoms with E-state index in [1.165, 1.54) is 11.3 Å². The molecule has 20 heavy (non-hydrogen) atoms. The summed E-state index contributed by atoms with van der Waals surface area (Å²) in [6, 6.07) is 6.68. The highest BCUT2D eigenvalue weighted by Gasteiger charge is 2.16. The van der Waals surface area contributed by atoms with Gasteiger partial charge in [-0.15, -0.1) is 0 Å². The van der Waals surface area contributed by atoms with Crippen molar-refractivity contribution in [3.8, 4) is 0 Å². The second-order valence-corrected chi connectivity index (χ2v) is 5.10. The lowest BCUT2D eigenvalue weighted by Crippen LogP contribution is -2.26. The minimum absolute atomic E-state index is 0.301. The lowest BCUT2D eigenvalue weighted by atomic mass is 10.0. The number of nitrogens with one attached hydrogen (secondary N) is 1. The summed E-state index contributed by atoms with van der Waals surface area (Å²) in [7, 11) is 2.03. The molecule has 0 aliphatic carbocycles. The van der Waals surface area contributed by atoms with Gasteiger partial charge in [0.05, 0.1) is 17.4 Å². The van der Waals surface area contributed by atoms with Gasteiger partial charge in [-0.2, -0.15) is 5.10 Å². The van der Waals surface area contributed by atoms with Gasteiger partial charge in [0.2, 0.25) is 0 Å². The van der Waals surface area contributed by atoms with Gasteiger partial charge in [-0.1, -0.05) is 13.8 Å². The Morgan fingerprint density at radius 2 is 2.00 bits per heavy atom. The van der Waals surface area contributed by atoms with Crippen LogP contribution in [0, 0.1) is 0 Å². The van der Waals surface area contributed by atoms with E-state index >= 15 is 0 Å². The molecule has 0 fully saturated rings. The number of pyridine rings is 1. The van der Waals surface area contributed by atoms with Gasteiger partial charge in [-0.05, 0) is 49.6 Å². The summed E-state index contributed by atoms with van der Waals surface area (Å²) >= 11 is 0. The Hall–Kier alpha value is -1.68. The Bertz CT molecular complexity index is 519. The van der Waals surface area contributed by atoms with E-state index in [1.54, 1.807) is 0 Å². The van der Waals surface area contributed by atoms with E-state index in [0.29, 0.717) is 6.04 Å². The van der Waals surface area contributed by atoms with Gasteiger partial charge in [0.25, 0.3) is 0 Å². The molecule has 0 radical (unpaired) electrons. The van der Waals surface area contributed by atoms with E-state index in [2.05, 4.69) is 47.4 Å². The van der Waals surface area contributed by atoms with Crippen molar-refractivity contribution in [3.05, 3.63) is 47.5 Å². The average molecular weight is 272 g/mol. The number of rotatable bonds is 7. The van der Waals surface area contributed by atoms with E-state index in [1.807, 2.05) is 24.1 Å². The number of nitrogens with zero attached hydrogens (tertiary/aromatic N) is 3. The van der Waals surface area contributed by atoms with Crippen LogP contribution >= 0.6 is 0 Å². The molecule has 0 aromatic carbocycles. The van der Waals surface area contributed by atoms with Crippen molar-refractivity contribution < 1.29 is 0 Å². The highest BCUT2D eigenvalue weighted by molar-refractivity contribution is 5.19. The van der Waals surface area contributed by atoms with E-state index in [4.69, 9.17) is 0 Å². The summed E-state index contributed by atoms with van der Waals surface area (Å²) in [6.07, 6.45) is 6.78. The van der Waals surface area contributed by atoms with Crippen LogP contribution in [0.25, 0.3) is 0 Å². The Balaban J connectivity index is 2.20. The van der Waals surface area contributed by atoms with Crippen LogP contribution in [0.15, 0.2) is 30.6 Å². The lowest BCUT2D eigenvalue weighted by Gasteiger charge is -2.19. The largest absolute Gasteiger partial charge is 0.308 e. The van der Waals surface area contributed by atoms with Gasteiger partial charge in [-0.3, -0.25) is 9.67 Å². The molecule has 4 nitrogen and oxygen atoms in total. The fraction of sp³-hybridized carbons (Fsp3) is 0.500. The zero-order valence-electron chi connectivity index (χ0n) is 12.6. The third-order valence-electron chi connectivity index (χ3n) is 3.52. The maximum Gasteiger partial charge on any atom is 0.0625 e. The molecular weight excluding hydrogens is 248 g/mol. The van der Waals surface area contributed by atoms with Crippen molar-refractivity contribution in [2.24, 2.45) is 7.05 Å². The Kier molecular flexibility index (Phi) is 5.30. The molecule has 0 saturated carbocycles. The van der Waals surface area contributed by atoms with Crippen LogP contribution < -0.4 is 5.32 Å². The molecule has 0 aliphatic rings. The summed E-state index contributed by atoms with van der Waals surface area (Å²) in [5, 5.41) is 8.20. The molecule has 0 spiro atoms. The average Bonchev–Trinajstić information content (AvgIpc) is 2.86. The smallest absolute Gasteiger partial charge is 0.0625 e. The molecule has 1 atom stereocenters. The van der Waals surface area contributed by atoms with Crippen molar-refractivity contribution in [1.82, 2.24) is 20.1 Å². The molecule has 0 amide bonds. The second-order valence-electron chi connectivity index (χ2n) is 5.10. The summed E-state index contributed by atoms with van der Waals surface area (Å²) in [5.74, 6) is 0. The number of aromatic nitrogens is 3. The summed E-state index contributed by atoms with van der Waals surface area (Å²) < 4.78 is 2.01. The first-order valence-electron chi connectivity index (χ1n) is 7.39. The van der Waals surface area contributed by atoms with Crippen LogP contribution in [-0.2, 0) is 19.9 Å². The molecule has 0 saturated heterocycles. The molecule has 0 aliphatic heterocycles. The zero-order valence-corrected chi connectivity index (χ0v) is 12.6. The highest BCUT2D eigenvalue weighted by Crippen LogP contribution is 2.19. The molecule has 2 heterocycles. The highest BCUT2D eigenvalue weighted by atomic mass is 15.3. The van der Waals surface area contributed by atoms with E-state index in [0.717, 1.165) is 31.5 Å². The van der Waals surface area contributed by atoms with Crippen LogP contribution in [0.4, 0.5) is 0 Å². The maximum atomic E-state index is 4.56. The van der Waals surface area contributed by atoms with Crippen molar-refractivity contribution in [2.45, 2.75) is 39.2 Å². The van der Waals surface area contributed by atoms with Gasteiger partial charge in [0.15, 0.2) is 0 Å². The standard InChI is InChI=1S/C16H24N4/c1-4-8-18-15(11-13-6-9-17-10-7-13)16-12-14(5-2)19-20(16)3/h6-7,9-10,12,15,18H,4-5,8,11H2,1-3H3. The Morgan fingerprint density at radius 1 is 1.25 bits per heavy atom. The zero-order chi connectivity index (χ0) is 14.4. The summed E-state index contributed by atoms with van der Waals surface area (Å²) in [4.78, 5) is 4.08. The predicted octanol–water partition coefficient (Wildman–Crippen LogP) is 2.66. The van der Waals surface area contributed by atoms with Crippen molar-refractivity contribution in [2.75, 3.05) is 6.54 Å². The third-order valence-corrected chi connectivity index (χ3v) is 3.52. The number of aryl methyl sites for hydroxylation is 2. The minimum atomic E-state index is 0.301. The first-order valence-corrected chi connectivity index (χ1v) is 7.39. The SMILES string of the molecule is CCCNC(Cc1ccncc1)c1cc(CC)nn1C. The van der Waals surface area contributed by atoms with E-state index in [9.17, 15) is 0 Å². The normalized spacial score (nSPS) is 12.6. The van der Waals surface area contributed by atoms with Crippen LogP contribution in [0.3, 0.4) is 0 Å². The van der Waals surface area contributed by atoms with Crippen molar-refractivity contribution in [1.29, 1.82) is 0 Å². The lowest BCUT2D eigenvalue weighted by molar-refractivity contribution is 0.493. The van der Waals surface area contributed by atoms with Gasteiger partial charge in [0.1, 0.15) is 0 Å². The molecular formula is C16H24N4. The van der Waals surface area contributed by atoms with Crippen LogP contribution in [-0.4, -0.2) is 21.3 Å². The first-order chi connectivity index (χ1) is 9.74. The Labute approximate surface area is 121 Å². The molecule has 108 valence electrons. The van der Waals surface area contributed by atoms with Crippen LogP contribution in [0.5, 0.6) is 0 Å². The van der Waals surface area contributed by atoms with Gasteiger partial charge in [-0.25, -0.2) is 0 Å². The fourth-order valence-electron chi connectivity index (χ4n) is 2.40. The monoisotopic (exact) mass is 272 g/mol. The third kappa shape index (κ3) is 3.67. The van der Waals surface area contributed by atoms with Crippen LogP contribution in [0.1, 0.15) is 43.3 Å². The van der Waals surface area contributed by atoms with Gasteiger partial charge in [0, 0.05) is 19.4 Å². The number of hydrogen-bond donors (Lipinski definition) is 1. The summed E-state index contributed by atoms with van der Waals surface area (Å²) in [6.45, 7) is 5.35. The fourth-order valence-corrected chi connectivity index (χ4v) is 2.40. The molecule has 2 aromatic heterocycles. The maximum absolute atomic E-state index is 4.56. The van der Waals surface area contributed by atoms with Crippen molar-refractivity contribution >= 4 is 0 Å². The Morgan fingerprint density at radius 3 is 2.60 bits per heavy atom. The van der Waals surface area contributed by atoms with Gasteiger partial charge < -0.3 is 5.32 Å². The number of hydrogen-bond acceptors (Lipinski definition) is 3. The van der Waals surface area contributed by atoms with E-state index < -0.39 is 0 Å².